The Kier molecular flexibility index (Phi) is 3.03. The standard InChI is InChI=1S/C14H10N2O5/c17-12-11(13(18)16(20)14(19)15-12)10-7-6-9(21-10)8-4-2-1-3-5-8/h1-7,11,20H,(H,15,17,19). The van der Waals surface area contributed by atoms with Gasteiger partial charge in [-0.3, -0.25) is 20.1 Å². The second-order valence-electron chi connectivity index (χ2n) is 4.45. The largest absolute Gasteiger partial charge is 0.460 e. The molecule has 7 nitrogen and oxygen atoms in total. The number of benzene rings is 1. The summed E-state index contributed by atoms with van der Waals surface area (Å²) in [6, 6.07) is 11.0. The number of nitrogens with one attached hydrogen (secondary N) is 1. The molecule has 4 amide bonds. The molecule has 0 saturated carbocycles. The molecule has 21 heavy (non-hydrogen) atoms. The van der Waals surface area contributed by atoms with Crippen LogP contribution in [0.4, 0.5) is 4.79 Å². The molecule has 2 heterocycles. The van der Waals surface area contributed by atoms with E-state index in [1.165, 1.54) is 6.07 Å². The summed E-state index contributed by atoms with van der Waals surface area (Å²) in [6.45, 7) is 0. The van der Waals surface area contributed by atoms with E-state index in [0.29, 0.717) is 5.76 Å². The van der Waals surface area contributed by atoms with Crippen LogP contribution in [-0.4, -0.2) is 28.1 Å². The minimum atomic E-state index is -1.38. The van der Waals surface area contributed by atoms with Gasteiger partial charge in [0.05, 0.1) is 0 Å². The van der Waals surface area contributed by atoms with Crippen molar-refractivity contribution < 1.29 is 24.0 Å². The lowest BCUT2D eigenvalue weighted by Gasteiger charge is -2.23. The number of urea groups is 1. The molecule has 106 valence electrons. The van der Waals surface area contributed by atoms with Crippen molar-refractivity contribution >= 4 is 17.8 Å². The fraction of sp³-hybridized carbons (Fsp3) is 0.0714. The third-order valence-electron chi connectivity index (χ3n) is 3.11. The number of nitrogens with zero attached hydrogens (tertiary/aromatic N) is 1. The first-order valence-electron chi connectivity index (χ1n) is 6.11. The first-order chi connectivity index (χ1) is 10.1. The van der Waals surface area contributed by atoms with Crippen molar-refractivity contribution in [3.8, 4) is 11.3 Å². The van der Waals surface area contributed by atoms with E-state index in [9.17, 15) is 19.6 Å². The van der Waals surface area contributed by atoms with Crippen LogP contribution in [0.1, 0.15) is 11.7 Å². The number of hydrogen-bond donors (Lipinski definition) is 2. The second kappa shape index (κ2) is 4.88. The van der Waals surface area contributed by atoms with Crippen molar-refractivity contribution in [1.29, 1.82) is 0 Å². The van der Waals surface area contributed by atoms with Crippen LogP contribution in [0.5, 0.6) is 0 Å². The van der Waals surface area contributed by atoms with Gasteiger partial charge in [0.25, 0.3) is 5.91 Å². The first-order valence-corrected chi connectivity index (χ1v) is 6.11. The molecule has 1 aliphatic heterocycles. The second-order valence-corrected chi connectivity index (χ2v) is 4.45. The first kappa shape index (κ1) is 13.1. The molecule has 1 aromatic heterocycles. The number of hydrogen-bond acceptors (Lipinski definition) is 5. The fourth-order valence-electron chi connectivity index (χ4n) is 2.08. The van der Waals surface area contributed by atoms with Gasteiger partial charge in [-0.05, 0) is 12.1 Å². The van der Waals surface area contributed by atoms with Crippen LogP contribution in [0, 0.1) is 0 Å². The van der Waals surface area contributed by atoms with Crippen molar-refractivity contribution in [3.63, 3.8) is 0 Å². The van der Waals surface area contributed by atoms with E-state index >= 15 is 0 Å². The van der Waals surface area contributed by atoms with Gasteiger partial charge in [-0.25, -0.2) is 4.79 Å². The van der Waals surface area contributed by atoms with Gasteiger partial charge in [-0.1, -0.05) is 30.3 Å². The van der Waals surface area contributed by atoms with Crippen molar-refractivity contribution in [1.82, 2.24) is 10.4 Å². The maximum Gasteiger partial charge on any atom is 0.355 e. The highest BCUT2D eigenvalue weighted by atomic mass is 16.5. The smallest absolute Gasteiger partial charge is 0.355 e. The lowest BCUT2D eigenvalue weighted by molar-refractivity contribution is -0.161. The monoisotopic (exact) mass is 286 g/mol. The van der Waals surface area contributed by atoms with E-state index in [1.807, 2.05) is 35.6 Å². The average molecular weight is 286 g/mol. The van der Waals surface area contributed by atoms with Gasteiger partial charge in [-0.15, -0.1) is 5.06 Å². The average Bonchev–Trinajstić information content (AvgIpc) is 2.95. The molecule has 3 rings (SSSR count). The molecular formula is C14H10N2O5. The number of carbonyl (C=O) groups is 3. The number of carbonyl (C=O) groups excluding carboxylic acids is 3. The SMILES string of the molecule is O=C1NC(=O)N(O)C(=O)C1c1ccc(-c2ccccc2)o1. The quantitative estimate of drug-likeness (QED) is 0.643. The lowest BCUT2D eigenvalue weighted by Crippen LogP contribution is -2.55. The van der Waals surface area contributed by atoms with E-state index in [-0.39, 0.29) is 10.8 Å². The molecule has 2 aromatic rings. The Bertz CT molecular complexity index is 722. The zero-order valence-electron chi connectivity index (χ0n) is 10.6. The number of furan rings is 1. The van der Waals surface area contributed by atoms with Gasteiger partial charge in [-0.2, -0.15) is 0 Å². The van der Waals surface area contributed by atoms with E-state index in [1.54, 1.807) is 6.07 Å². The number of imide groups is 2. The number of barbiturate groups is 1. The Hall–Kier alpha value is -2.93. The highest BCUT2D eigenvalue weighted by Gasteiger charge is 2.43. The maximum absolute atomic E-state index is 11.8. The number of hydroxylamine groups is 2. The minimum absolute atomic E-state index is 0.0582. The fourth-order valence-corrected chi connectivity index (χ4v) is 2.08. The number of rotatable bonds is 2. The molecule has 1 unspecified atom stereocenters. The minimum Gasteiger partial charge on any atom is -0.460 e. The summed E-state index contributed by atoms with van der Waals surface area (Å²) in [7, 11) is 0. The van der Waals surface area contributed by atoms with E-state index in [0.717, 1.165) is 5.56 Å². The van der Waals surface area contributed by atoms with Crippen LogP contribution >= 0.6 is 0 Å². The molecule has 1 aliphatic rings. The summed E-state index contributed by atoms with van der Waals surface area (Å²) in [6.07, 6.45) is 0. The Balaban J connectivity index is 1.94. The molecule has 1 aromatic carbocycles. The van der Waals surface area contributed by atoms with Crippen LogP contribution in [0.25, 0.3) is 11.3 Å². The predicted molar refractivity (Wildman–Crippen MR) is 69.1 cm³/mol. The zero-order valence-corrected chi connectivity index (χ0v) is 10.6. The predicted octanol–water partition coefficient (Wildman–Crippen LogP) is 1.50. The lowest BCUT2D eigenvalue weighted by atomic mass is 10.0. The summed E-state index contributed by atoms with van der Waals surface area (Å²) in [5.74, 6) is -2.72. The van der Waals surface area contributed by atoms with Gasteiger partial charge in [0, 0.05) is 5.56 Å². The van der Waals surface area contributed by atoms with Crippen molar-refractivity contribution in [2.45, 2.75) is 5.92 Å². The molecule has 7 heteroatoms. The molecule has 1 saturated heterocycles. The van der Waals surface area contributed by atoms with Gasteiger partial charge >= 0.3 is 6.03 Å². The van der Waals surface area contributed by atoms with Crippen LogP contribution < -0.4 is 5.32 Å². The third-order valence-corrected chi connectivity index (χ3v) is 3.11. The molecule has 0 radical (unpaired) electrons. The Morgan fingerprint density at radius 1 is 1.05 bits per heavy atom. The topological polar surface area (TPSA) is 99.9 Å². The number of amides is 4. The highest BCUT2D eigenvalue weighted by Crippen LogP contribution is 2.28. The van der Waals surface area contributed by atoms with Gasteiger partial charge in [0.2, 0.25) is 5.91 Å². The molecule has 1 atom stereocenters. The molecular weight excluding hydrogens is 276 g/mol. The Morgan fingerprint density at radius 3 is 2.48 bits per heavy atom. The third kappa shape index (κ3) is 2.19. The Labute approximate surface area is 118 Å². The molecule has 0 bridgehead atoms. The summed E-state index contributed by atoms with van der Waals surface area (Å²) in [5, 5.41) is 11.0. The zero-order chi connectivity index (χ0) is 15.0. The van der Waals surface area contributed by atoms with Crippen LogP contribution in [0.3, 0.4) is 0 Å². The summed E-state index contributed by atoms with van der Waals surface area (Å²) in [5.41, 5.74) is 0.782. The summed E-state index contributed by atoms with van der Waals surface area (Å²) < 4.78 is 5.50. The molecule has 0 aliphatic carbocycles. The highest BCUT2D eigenvalue weighted by molar-refractivity contribution is 6.18. The van der Waals surface area contributed by atoms with Crippen molar-refractivity contribution in [2.75, 3.05) is 0 Å². The van der Waals surface area contributed by atoms with E-state index in [4.69, 9.17) is 4.42 Å². The molecule has 2 N–H and O–H groups in total. The van der Waals surface area contributed by atoms with E-state index in [2.05, 4.69) is 0 Å². The molecule has 0 spiro atoms. The van der Waals surface area contributed by atoms with E-state index < -0.39 is 23.8 Å². The van der Waals surface area contributed by atoms with Crippen molar-refractivity contribution in [3.05, 3.63) is 48.2 Å². The van der Waals surface area contributed by atoms with Crippen LogP contribution in [0.2, 0.25) is 0 Å². The summed E-state index contributed by atoms with van der Waals surface area (Å²) >= 11 is 0. The normalized spacial score (nSPS) is 18.8. The molecule has 1 fully saturated rings. The van der Waals surface area contributed by atoms with Crippen molar-refractivity contribution in [2.24, 2.45) is 0 Å². The van der Waals surface area contributed by atoms with Gasteiger partial charge in [0.1, 0.15) is 11.5 Å². The van der Waals surface area contributed by atoms with Gasteiger partial charge in [0.15, 0.2) is 5.92 Å². The van der Waals surface area contributed by atoms with Crippen LogP contribution in [-0.2, 0) is 9.59 Å². The Morgan fingerprint density at radius 2 is 1.76 bits per heavy atom. The maximum atomic E-state index is 11.8. The van der Waals surface area contributed by atoms with Gasteiger partial charge < -0.3 is 4.42 Å². The summed E-state index contributed by atoms with van der Waals surface area (Å²) in [4.78, 5) is 34.7. The van der Waals surface area contributed by atoms with Crippen LogP contribution in [0.15, 0.2) is 46.9 Å².